The molecular weight excluding hydrogens is 230 g/mol. The van der Waals surface area contributed by atoms with E-state index in [-0.39, 0.29) is 0 Å². The smallest absolute Gasteiger partial charge is 0.142 e. The van der Waals surface area contributed by atoms with Crippen LogP contribution in [0.25, 0.3) is 0 Å². The van der Waals surface area contributed by atoms with Crippen molar-refractivity contribution in [2.75, 3.05) is 0 Å². The van der Waals surface area contributed by atoms with E-state index in [2.05, 4.69) is 4.74 Å². The Morgan fingerprint density at radius 1 is 1.56 bits per heavy atom. The van der Waals surface area contributed by atoms with Crippen LogP contribution < -0.4 is 5.11 Å². The number of aliphatic hydroxyl groups excluding tert-OH is 1. The minimum Gasteiger partial charge on any atom is -0.594 e. The van der Waals surface area contributed by atoms with Gasteiger partial charge in [-0.3, -0.25) is 5.41 Å². The molecule has 0 heterocycles. The van der Waals surface area contributed by atoms with Crippen molar-refractivity contribution in [3.63, 3.8) is 0 Å². The van der Waals surface area contributed by atoms with Crippen molar-refractivity contribution in [1.29, 1.82) is 5.41 Å². The van der Waals surface area contributed by atoms with Crippen LogP contribution in [0.5, 0.6) is 0 Å². The average molecular weight is 243 g/mol. The Hall–Kier alpha value is -1.26. The van der Waals surface area contributed by atoms with Crippen LogP contribution in [0, 0.1) is 5.41 Å². The number of hydrogen-bond acceptors (Lipinski definition) is 4. The first-order chi connectivity index (χ1) is 7.56. The molecule has 4 nitrogen and oxygen atoms in total. The van der Waals surface area contributed by atoms with E-state index in [4.69, 9.17) is 17.0 Å². The molecule has 0 amide bonds. The SMILES string of the molecule is CC[C@H](OC(=N)[O-])[C@@H](O)c1ccccc1Cl. The summed E-state index contributed by atoms with van der Waals surface area (Å²) < 4.78 is 4.69. The molecular formula is C11H13ClNO3-. The minimum absolute atomic E-state index is 0.412. The molecule has 0 unspecified atom stereocenters. The molecule has 0 saturated carbocycles. The van der Waals surface area contributed by atoms with Crippen LogP contribution in [0.2, 0.25) is 5.02 Å². The summed E-state index contributed by atoms with van der Waals surface area (Å²) in [5.41, 5.74) is 0.497. The zero-order valence-corrected chi connectivity index (χ0v) is 9.57. The van der Waals surface area contributed by atoms with E-state index < -0.39 is 18.3 Å². The van der Waals surface area contributed by atoms with Crippen LogP contribution in [-0.4, -0.2) is 17.3 Å². The molecule has 0 aliphatic rings. The van der Waals surface area contributed by atoms with Crippen molar-refractivity contribution in [2.24, 2.45) is 0 Å². The molecule has 0 bridgehead atoms. The third kappa shape index (κ3) is 3.12. The van der Waals surface area contributed by atoms with Crippen molar-refractivity contribution in [1.82, 2.24) is 0 Å². The van der Waals surface area contributed by atoms with E-state index in [1.807, 2.05) is 0 Å². The van der Waals surface area contributed by atoms with Crippen LogP contribution in [0.3, 0.4) is 0 Å². The van der Waals surface area contributed by atoms with Crippen molar-refractivity contribution in [3.8, 4) is 0 Å². The molecule has 88 valence electrons. The van der Waals surface area contributed by atoms with Crippen molar-refractivity contribution in [2.45, 2.75) is 25.6 Å². The molecule has 2 N–H and O–H groups in total. The van der Waals surface area contributed by atoms with Gasteiger partial charge in [0.2, 0.25) is 0 Å². The number of rotatable bonds is 4. The second kappa shape index (κ2) is 5.72. The zero-order valence-electron chi connectivity index (χ0n) is 8.81. The first-order valence-corrected chi connectivity index (χ1v) is 5.28. The topological polar surface area (TPSA) is 76.4 Å². The maximum atomic E-state index is 10.5. The van der Waals surface area contributed by atoms with Crippen LogP contribution in [-0.2, 0) is 4.74 Å². The molecule has 16 heavy (non-hydrogen) atoms. The number of aliphatic hydroxyl groups is 1. The van der Waals surface area contributed by atoms with Gasteiger partial charge in [0.15, 0.2) is 0 Å². The van der Waals surface area contributed by atoms with Crippen LogP contribution in [0.4, 0.5) is 0 Å². The number of nitrogens with one attached hydrogen (secondary N) is 1. The van der Waals surface area contributed by atoms with Gasteiger partial charge in [0.25, 0.3) is 0 Å². The van der Waals surface area contributed by atoms with Crippen molar-refractivity contribution >= 4 is 17.7 Å². The van der Waals surface area contributed by atoms with Crippen molar-refractivity contribution in [3.05, 3.63) is 34.9 Å². The van der Waals surface area contributed by atoms with Crippen LogP contribution in [0.1, 0.15) is 25.0 Å². The van der Waals surface area contributed by atoms with Gasteiger partial charge in [-0.15, -0.1) is 0 Å². The Morgan fingerprint density at radius 3 is 2.69 bits per heavy atom. The van der Waals surface area contributed by atoms with Gasteiger partial charge in [0.05, 0.1) is 6.10 Å². The van der Waals surface area contributed by atoms with E-state index in [0.717, 1.165) is 0 Å². The summed E-state index contributed by atoms with van der Waals surface area (Å²) in [5, 5.41) is 27.6. The summed E-state index contributed by atoms with van der Waals surface area (Å²) >= 11 is 5.91. The molecule has 5 heteroatoms. The molecule has 0 radical (unpaired) electrons. The Bertz CT molecular complexity index is 370. The number of hydrogen-bond donors (Lipinski definition) is 2. The molecule has 0 saturated heterocycles. The Morgan fingerprint density at radius 2 is 2.19 bits per heavy atom. The summed E-state index contributed by atoms with van der Waals surface area (Å²) in [6.45, 7) is 1.76. The van der Waals surface area contributed by atoms with Crippen LogP contribution in [0.15, 0.2) is 24.3 Å². The Labute approximate surface area is 98.9 Å². The monoisotopic (exact) mass is 242 g/mol. The molecule has 1 aromatic rings. The second-order valence-corrected chi connectivity index (χ2v) is 3.73. The first-order valence-electron chi connectivity index (χ1n) is 4.91. The molecule has 1 rings (SSSR count). The maximum absolute atomic E-state index is 10.5. The third-order valence-corrected chi connectivity index (χ3v) is 2.58. The Balaban J connectivity index is 2.86. The quantitative estimate of drug-likeness (QED) is 0.620. The molecule has 1 aromatic carbocycles. The fraction of sp³-hybridized carbons (Fsp3) is 0.364. The molecule has 2 atom stereocenters. The molecule has 0 aliphatic heterocycles. The first kappa shape index (κ1) is 12.8. The largest absolute Gasteiger partial charge is 0.594 e. The highest BCUT2D eigenvalue weighted by atomic mass is 35.5. The fourth-order valence-corrected chi connectivity index (χ4v) is 1.67. The second-order valence-electron chi connectivity index (χ2n) is 3.32. The minimum atomic E-state index is -1.15. The summed E-state index contributed by atoms with van der Waals surface area (Å²) in [5.74, 6) is 0. The van der Waals surface area contributed by atoms with Gasteiger partial charge in [-0.25, -0.2) is 0 Å². The average Bonchev–Trinajstić information content (AvgIpc) is 2.25. The highest BCUT2D eigenvalue weighted by molar-refractivity contribution is 6.31. The lowest BCUT2D eigenvalue weighted by atomic mass is 10.0. The highest BCUT2D eigenvalue weighted by Gasteiger charge is 2.18. The van der Waals surface area contributed by atoms with Gasteiger partial charge in [0.1, 0.15) is 6.08 Å². The Kier molecular flexibility index (Phi) is 4.58. The normalized spacial score (nSPS) is 14.2. The van der Waals surface area contributed by atoms with Gasteiger partial charge >= 0.3 is 0 Å². The predicted octanol–water partition coefficient (Wildman–Crippen LogP) is 1.46. The van der Waals surface area contributed by atoms with Gasteiger partial charge in [-0.2, -0.15) is 0 Å². The number of halogens is 1. The summed E-state index contributed by atoms with van der Waals surface area (Å²) in [4.78, 5) is 0. The van der Waals surface area contributed by atoms with E-state index >= 15 is 0 Å². The number of benzene rings is 1. The number of ether oxygens (including phenoxy) is 1. The summed E-state index contributed by atoms with van der Waals surface area (Å²) in [7, 11) is 0. The van der Waals surface area contributed by atoms with Gasteiger partial charge in [-0.05, 0) is 12.5 Å². The lowest BCUT2D eigenvalue weighted by Gasteiger charge is -2.29. The zero-order chi connectivity index (χ0) is 12.1. The molecule has 0 fully saturated rings. The summed E-state index contributed by atoms with van der Waals surface area (Å²) in [6.07, 6.45) is -2.49. The van der Waals surface area contributed by atoms with E-state index in [0.29, 0.717) is 17.0 Å². The fourth-order valence-electron chi connectivity index (χ4n) is 1.42. The lowest BCUT2D eigenvalue weighted by Crippen LogP contribution is -2.30. The highest BCUT2D eigenvalue weighted by Crippen LogP contribution is 2.27. The lowest BCUT2D eigenvalue weighted by molar-refractivity contribution is -0.261. The van der Waals surface area contributed by atoms with Gasteiger partial charge in [-0.1, -0.05) is 36.7 Å². The van der Waals surface area contributed by atoms with Crippen LogP contribution >= 0.6 is 11.6 Å². The van der Waals surface area contributed by atoms with E-state index in [1.165, 1.54) is 0 Å². The summed E-state index contributed by atoms with van der Waals surface area (Å²) in [6, 6.07) is 6.79. The van der Waals surface area contributed by atoms with E-state index in [1.54, 1.807) is 31.2 Å². The van der Waals surface area contributed by atoms with Gasteiger partial charge in [0, 0.05) is 16.7 Å². The molecule has 0 aliphatic carbocycles. The van der Waals surface area contributed by atoms with E-state index in [9.17, 15) is 10.2 Å². The standard InChI is InChI=1S/C11H14ClNO3/c1-2-9(16-11(13)15)10(14)7-5-3-4-6-8(7)12/h3-6,9-10,14H,2H2,1H3,(H2,13,15)/p-1/t9-,10-/m0/s1. The van der Waals surface area contributed by atoms with Gasteiger partial charge < -0.3 is 14.9 Å². The molecule has 0 spiro atoms. The van der Waals surface area contributed by atoms with Crippen molar-refractivity contribution < 1.29 is 14.9 Å². The predicted molar refractivity (Wildman–Crippen MR) is 59.3 cm³/mol. The maximum Gasteiger partial charge on any atom is 0.142 e. The molecule has 0 aromatic heterocycles. The third-order valence-electron chi connectivity index (χ3n) is 2.24.